The number of nitrogens with zero attached hydrogens (tertiary/aromatic N) is 3. The molecule has 0 bridgehead atoms. The monoisotopic (exact) mass is 435 g/mol. The van der Waals surface area contributed by atoms with Crippen LogP contribution >= 0.6 is 0 Å². The molecule has 0 atom stereocenters. The van der Waals surface area contributed by atoms with Gasteiger partial charge in [0.2, 0.25) is 5.88 Å². The van der Waals surface area contributed by atoms with Gasteiger partial charge in [-0.3, -0.25) is 9.69 Å². The maximum absolute atomic E-state index is 13.1. The van der Waals surface area contributed by atoms with Crippen LogP contribution in [0.5, 0.6) is 11.6 Å². The maximum atomic E-state index is 13.1. The molecule has 2 aromatic carbocycles. The van der Waals surface area contributed by atoms with E-state index in [4.69, 9.17) is 9.47 Å². The van der Waals surface area contributed by atoms with Crippen LogP contribution in [0.25, 0.3) is 11.3 Å². The summed E-state index contributed by atoms with van der Waals surface area (Å²) in [7, 11) is 3.15. The number of piperazine rings is 1. The zero-order valence-corrected chi connectivity index (χ0v) is 18.3. The van der Waals surface area contributed by atoms with E-state index in [1.165, 1.54) is 19.2 Å². The molecule has 0 unspecified atom stereocenters. The standard InChI is InChI=1S/C25H26FN3O3/c1-31-21-9-5-19(6-10-21)23-12-11-22(24(27-23)32-2)25(30)29-15-13-28(14-16-29)17-18-3-7-20(26)8-4-18/h3-12H,13-17H2,1-2H3. The number of hydrogen-bond donors (Lipinski definition) is 0. The zero-order valence-electron chi connectivity index (χ0n) is 18.3. The van der Waals surface area contributed by atoms with E-state index >= 15 is 0 Å². The number of rotatable bonds is 6. The molecule has 1 amide bonds. The minimum absolute atomic E-state index is 0.0861. The van der Waals surface area contributed by atoms with Crippen LogP contribution in [0.3, 0.4) is 0 Å². The average molecular weight is 435 g/mol. The summed E-state index contributed by atoms with van der Waals surface area (Å²) in [5.74, 6) is 0.768. The lowest BCUT2D eigenvalue weighted by Crippen LogP contribution is -2.48. The maximum Gasteiger partial charge on any atom is 0.259 e. The Morgan fingerprint density at radius 2 is 1.59 bits per heavy atom. The van der Waals surface area contributed by atoms with Crippen molar-refractivity contribution in [3.63, 3.8) is 0 Å². The fraction of sp³-hybridized carbons (Fsp3) is 0.280. The van der Waals surface area contributed by atoms with E-state index in [9.17, 15) is 9.18 Å². The molecule has 0 spiro atoms. The van der Waals surface area contributed by atoms with Gasteiger partial charge in [-0.15, -0.1) is 0 Å². The molecule has 3 aromatic rings. The van der Waals surface area contributed by atoms with Crippen LogP contribution in [0.1, 0.15) is 15.9 Å². The predicted octanol–water partition coefficient (Wildman–Crippen LogP) is 3.86. The summed E-state index contributed by atoms with van der Waals surface area (Å²) in [4.78, 5) is 21.8. The molecule has 1 saturated heterocycles. The van der Waals surface area contributed by atoms with Crippen molar-refractivity contribution in [3.8, 4) is 22.9 Å². The minimum Gasteiger partial charge on any atom is -0.497 e. The smallest absolute Gasteiger partial charge is 0.259 e. The number of hydrogen-bond acceptors (Lipinski definition) is 5. The lowest BCUT2D eigenvalue weighted by Gasteiger charge is -2.35. The molecule has 32 heavy (non-hydrogen) atoms. The van der Waals surface area contributed by atoms with Crippen molar-refractivity contribution in [1.29, 1.82) is 0 Å². The first-order chi connectivity index (χ1) is 15.6. The summed E-state index contributed by atoms with van der Waals surface area (Å²) >= 11 is 0. The number of pyridine rings is 1. The second-order valence-electron chi connectivity index (χ2n) is 7.68. The average Bonchev–Trinajstić information content (AvgIpc) is 2.85. The quantitative estimate of drug-likeness (QED) is 0.589. The van der Waals surface area contributed by atoms with Gasteiger partial charge >= 0.3 is 0 Å². The van der Waals surface area contributed by atoms with E-state index in [1.54, 1.807) is 25.3 Å². The molecule has 166 valence electrons. The number of aromatic nitrogens is 1. The van der Waals surface area contributed by atoms with Crippen LogP contribution in [-0.4, -0.2) is 61.1 Å². The Balaban J connectivity index is 1.42. The Bertz CT molecular complexity index is 1060. The number of ether oxygens (including phenoxy) is 2. The number of carbonyl (C=O) groups excluding carboxylic acids is 1. The summed E-state index contributed by atoms with van der Waals surface area (Å²) < 4.78 is 23.8. The van der Waals surface area contributed by atoms with Crippen LogP contribution in [0.15, 0.2) is 60.7 Å². The molecule has 0 radical (unpaired) electrons. The van der Waals surface area contributed by atoms with Gasteiger partial charge in [0.15, 0.2) is 0 Å². The van der Waals surface area contributed by atoms with E-state index in [-0.39, 0.29) is 11.7 Å². The van der Waals surface area contributed by atoms with E-state index in [0.29, 0.717) is 24.5 Å². The number of carbonyl (C=O) groups is 1. The van der Waals surface area contributed by atoms with Gasteiger partial charge in [0, 0.05) is 38.3 Å². The molecular weight excluding hydrogens is 409 g/mol. The predicted molar refractivity (Wildman–Crippen MR) is 120 cm³/mol. The topological polar surface area (TPSA) is 54.9 Å². The first-order valence-electron chi connectivity index (χ1n) is 10.5. The fourth-order valence-electron chi connectivity index (χ4n) is 3.81. The van der Waals surface area contributed by atoms with Crippen molar-refractivity contribution in [2.24, 2.45) is 0 Å². The summed E-state index contributed by atoms with van der Waals surface area (Å²) in [6, 6.07) is 17.7. The van der Waals surface area contributed by atoms with Gasteiger partial charge in [0.05, 0.1) is 19.9 Å². The van der Waals surface area contributed by atoms with Crippen LogP contribution in [0.4, 0.5) is 4.39 Å². The normalized spacial score (nSPS) is 14.3. The van der Waals surface area contributed by atoms with Gasteiger partial charge < -0.3 is 14.4 Å². The molecule has 7 heteroatoms. The Labute approximate surface area is 187 Å². The summed E-state index contributed by atoms with van der Waals surface area (Å²) in [6.45, 7) is 3.47. The number of halogens is 1. The largest absolute Gasteiger partial charge is 0.497 e. The first-order valence-corrected chi connectivity index (χ1v) is 10.5. The molecule has 6 nitrogen and oxygen atoms in total. The highest BCUT2D eigenvalue weighted by molar-refractivity contribution is 5.96. The van der Waals surface area contributed by atoms with E-state index in [2.05, 4.69) is 9.88 Å². The summed E-state index contributed by atoms with van der Waals surface area (Å²) in [6.07, 6.45) is 0. The van der Waals surface area contributed by atoms with Crippen molar-refractivity contribution >= 4 is 5.91 Å². The number of benzene rings is 2. The summed E-state index contributed by atoms with van der Waals surface area (Å²) in [5, 5.41) is 0. The molecule has 1 aromatic heterocycles. The van der Waals surface area contributed by atoms with Crippen molar-refractivity contribution in [1.82, 2.24) is 14.8 Å². The number of methoxy groups -OCH3 is 2. The zero-order chi connectivity index (χ0) is 22.5. The fourth-order valence-corrected chi connectivity index (χ4v) is 3.81. The van der Waals surface area contributed by atoms with E-state index in [0.717, 1.165) is 42.2 Å². The van der Waals surface area contributed by atoms with Gasteiger partial charge in [0.1, 0.15) is 17.1 Å². The van der Waals surface area contributed by atoms with Gasteiger partial charge in [-0.25, -0.2) is 9.37 Å². The Kier molecular flexibility index (Phi) is 6.66. The second kappa shape index (κ2) is 9.78. The van der Waals surface area contributed by atoms with E-state index in [1.807, 2.05) is 35.2 Å². The molecule has 1 aliphatic rings. The Morgan fingerprint density at radius 3 is 2.22 bits per heavy atom. The van der Waals surface area contributed by atoms with E-state index < -0.39 is 0 Å². The molecule has 2 heterocycles. The molecule has 0 aliphatic carbocycles. The molecule has 0 saturated carbocycles. The SMILES string of the molecule is COc1ccc(-c2ccc(C(=O)N3CCN(Cc4ccc(F)cc4)CC3)c(OC)n2)cc1. The van der Waals surface area contributed by atoms with Crippen molar-refractivity contribution in [3.05, 3.63) is 77.6 Å². The molecular formula is C25H26FN3O3. The Hall–Kier alpha value is -3.45. The van der Waals surface area contributed by atoms with Crippen LogP contribution in [-0.2, 0) is 6.54 Å². The second-order valence-corrected chi connectivity index (χ2v) is 7.68. The van der Waals surface area contributed by atoms with Crippen molar-refractivity contribution < 1.29 is 18.7 Å². The highest BCUT2D eigenvalue weighted by Crippen LogP contribution is 2.26. The van der Waals surface area contributed by atoms with Gasteiger partial charge in [-0.2, -0.15) is 0 Å². The molecule has 1 aliphatic heterocycles. The molecule has 0 N–H and O–H groups in total. The first kappa shape index (κ1) is 21.8. The molecule has 1 fully saturated rings. The van der Waals surface area contributed by atoms with Crippen LogP contribution in [0.2, 0.25) is 0 Å². The highest BCUT2D eigenvalue weighted by Gasteiger charge is 2.25. The number of amides is 1. The lowest BCUT2D eigenvalue weighted by molar-refractivity contribution is 0.0624. The van der Waals surface area contributed by atoms with Gasteiger partial charge in [0.25, 0.3) is 5.91 Å². The third-order valence-electron chi connectivity index (χ3n) is 5.65. The minimum atomic E-state index is -0.232. The lowest BCUT2D eigenvalue weighted by atomic mass is 10.1. The van der Waals surface area contributed by atoms with Crippen LogP contribution in [0, 0.1) is 5.82 Å². The van der Waals surface area contributed by atoms with Gasteiger partial charge in [-0.05, 0) is 54.1 Å². The third kappa shape index (κ3) is 4.89. The molecule has 4 rings (SSSR count). The van der Waals surface area contributed by atoms with Crippen molar-refractivity contribution in [2.45, 2.75) is 6.54 Å². The van der Waals surface area contributed by atoms with Gasteiger partial charge in [-0.1, -0.05) is 12.1 Å². The third-order valence-corrected chi connectivity index (χ3v) is 5.65. The summed E-state index contributed by atoms with van der Waals surface area (Å²) in [5.41, 5.74) is 3.16. The van der Waals surface area contributed by atoms with Crippen molar-refractivity contribution in [2.75, 3.05) is 40.4 Å². The highest BCUT2D eigenvalue weighted by atomic mass is 19.1. The van der Waals surface area contributed by atoms with Crippen LogP contribution < -0.4 is 9.47 Å². The Morgan fingerprint density at radius 1 is 0.906 bits per heavy atom.